The summed E-state index contributed by atoms with van der Waals surface area (Å²) in [6, 6.07) is 1.54. The van der Waals surface area contributed by atoms with Gasteiger partial charge in [-0.15, -0.1) is 0 Å². The van der Waals surface area contributed by atoms with E-state index in [4.69, 9.17) is 5.11 Å². The van der Waals surface area contributed by atoms with Crippen molar-refractivity contribution in [1.82, 2.24) is 10.2 Å². The molecule has 1 amide bonds. The summed E-state index contributed by atoms with van der Waals surface area (Å²) in [6.07, 6.45) is 3.09. The summed E-state index contributed by atoms with van der Waals surface area (Å²) in [5.74, 6) is -3.02. The van der Waals surface area contributed by atoms with Gasteiger partial charge in [-0.05, 0) is 46.5 Å². The minimum Gasteiger partial charge on any atom is -0.480 e. The van der Waals surface area contributed by atoms with Gasteiger partial charge in [-0.2, -0.15) is 0 Å². The average Bonchev–Trinajstić information content (AvgIpc) is 2.99. The fraction of sp³-hybridized carbons (Fsp3) is 0.500. The van der Waals surface area contributed by atoms with E-state index in [0.717, 1.165) is 25.0 Å². The molecule has 0 bridgehead atoms. The average molecular weight is 403 g/mol. The second-order valence-corrected chi connectivity index (χ2v) is 7.10. The van der Waals surface area contributed by atoms with Crippen molar-refractivity contribution in [2.45, 2.75) is 37.3 Å². The highest BCUT2D eigenvalue weighted by atomic mass is 79.9. The molecule has 1 saturated carbocycles. The van der Waals surface area contributed by atoms with E-state index < -0.39 is 35.7 Å². The predicted octanol–water partition coefficient (Wildman–Crippen LogP) is 2.60. The number of amides is 1. The first-order chi connectivity index (χ1) is 11.3. The predicted molar refractivity (Wildman–Crippen MR) is 85.3 cm³/mol. The third-order valence-electron chi connectivity index (χ3n) is 4.83. The van der Waals surface area contributed by atoms with E-state index in [2.05, 4.69) is 21.2 Å². The number of carboxylic acids is 1. The Bertz CT molecular complexity index is 669. The maximum atomic E-state index is 13.8. The Kier molecular flexibility index (Phi) is 4.61. The zero-order chi connectivity index (χ0) is 17.5. The van der Waals surface area contributed by atoms with Gasteiger partial charge in [0.25, 0.3) is 0 Å². The zero-order valence-electron chi connectivity index (χ0n) is 12.8. The maximum Gasteiger partial charge on any atom is 0.323 e. The molecule has 8 heteroatoms. The number of hydrogen-bond donors (Lipinski definition) is 2. The molecule has 1 aromatic carbocycles. The van der Waals surface area contributed by atoms with Crippen LogP contribution in [0.25, 0.3) is 0 Å². The lowest BCUT2D eigenvalue weighted by Crippen LogP contribution is -2.64. The first-order valence-corrected chi connectivity index (χ1v) is 8.56. The number of piperazine rings is 1. The van der Waals surface area contributed by atoms with Crippen LogP contribution in [0, 0.1) is 11.6 Å². The molecule has 1 saturated heterocycles. The molecule has 5 nitrogen and oxygen atoms in total. The normalized spacial score (nSPS) is 23.0. The van der Waals surface area contributed by atoms with E-state index in [1.54, 1.807) is 0 Å². The molecule has 0 radical (unpaired) electrons. The standard InChI is InChI=1S/C16H17BrF2N2O3/c17-14-10(18)5-9(6-11(14)19)12-7-20-16(3-1-2-4-16)15(24)21(12)8-13(22)23/h5-6,12,20H,1-4,7-8H2,(H,22,23)/t12-/m0/s1. The van der Waals surface area contributed by atoms with Gasteiger partial charge in [0.2, 0.25) is 5.91 Å². The van der Waals surface area contributed by atoms with E-state index in [-0.39, 0.29) is 22.5 Å². The van der Waals surface area contributed by atoms with Crippen LogP contribution in [0.2, 0.25) is 0 Å². The van der Waals surface area contributed by atoms with E-state index in [1.165, 1.54) is 4.90 Å². The number of nitrogens with one attached hydrogen (secondary N) is 1. The summed E-state index contributed by atoms with van der Waals surface area (Å²) in [5.41, 5.74) is -0.499. The van der Waals surface area contributed by atoms with Gasteiger partial charge in [-0.3, -0.25) is 9.59 Å². The van der Waals surface area contributed by atoms with E-state index in [9.17, 15) is 18.4 Å². The highest BCUT2D eigenvalue weighted by molar-refractivity contribution is 9.10. The monoisotopic (exact) mass is 402 g/mol. The number of halogens is 3. The van der Waals surface area contributed by atoms with E-state index in [1.807, 2.05) is 0 Å². The van der Waals surface area contributed by atoms with Gasteiger partial charge in [0.05, 0.1) is 16.1 Å². The fourth-order valence-corrected chi connectivity index (χ4v) is 3.89. The van der Waals surface area contributed by atoms with Gasteiger partial charge in [-0.25, -0.2) is 8.78 Å². The highest BCUT2D eigenvalue weighted by Crippen LogP contribution is 2.38. The van der Waals surface area contributed by atoms with Gasteiger partial charge >= 0.3 is 5.97 Å². The van der Waals surface area contributed by atoms with Crippen molar-refractivity contribution in [3.8, 4) is 0 Å². The van der Waals surface area contributed by atoms with Crippen LogP contribution in [0.15, 0.2) is 16.6 Å². The van der Waals surface area contributed by atoms with Crippen LogP contribution >= 0.6 is 15.9 Å². The largest absolute Gasteiger partial charge is 0.480 e. The fourth-order valence-electron chi connectivity index (χ4n) is 3.66. The first-order valence-electron chi connectivity index (χ1n) is 7.76. The number of hydrogen-bond acceptors (Lipinski definition) is 3. The number of benzene rings is 1. The highest BCUT2D eigenvalue weighted by Gasteiger charge is 2.49. The lowest BCUT2D eigenvalue weighted by molar-refractivity contribution is -0.153. The van der Waals surface area contributed by atoms with Crippen molar-refractivity contribution in [2.24, 2.45) is 0 Å². The Morgan fingerprint density at radius 1 is 1.33 bits per heavy atom. The number of aliphatic carboxylic acids is 1. The van der Waals surface area contributed by atoms with Crippen molar-refractivity contribution >= 4 is 27.8 Å². The number of carbonyl (C=O) groups excluding carboxylic acids is 1. The lowest BCUT2D eigenvalue weighted by atomic mass is 9.89. The number of carbonyl (C=O) groups is 2. The quantitative estimate of drug-likeness (QED) is 0.762. The molecule has 1 heterocycles. The molecule has 1 atom stereocenters. The van der Waals surface area contributed by atoms with Crippen molar-refractivity contribution in [3.05, 3.63) is 33.8 Å². The van der Waals surface area contributed by atoms with Crippen molar-refractivity contribution in [3.63, 3.8) is 0 Å². The Balaban J connectivity index is 1.97. The second-order valence-electron chi connectivity index (χ2n) is 6.31. The molecule has 2 fully saturated rings. The van der Waals surface area contributed by atoms with Crippen LogP contribution in [-0.4, -0.2) is 40.5 Å². The van der Waals surface area contributed by atoms with Gasteiger partial charge in [0.1, 0.15) is 18.2 Å². The van der Waals surface area contributed by atoms with Gasteiger partial charge < -0.3 is 15.3 Å². The van der Waals surface area contributed by atoms with Crippen LogP contribution in [0.5, 0.6) is 0 Å². The smallest absolute Gasteiger partial charge is 0.323 e. The van der Waals surface area contributed by atoms with E-state index >= 15 is 0 Å². The Hall–Kier alpha value is -1.54. The third kappa shape index (κ3) is 2.93. The summed E-state index contributed by atoms with van der Waals surface area (Å²) in [6.45, 7) is -0.230. The number of rotatable bonds is 3. The summed E-state index contributed by atoms with van der Waals surface area (Å²) in [7, 11) is 0. The summed E-state index contributed by atoms with van der Waals surface area (Å²) in [4.78, 5) is 25.3. The summed E-state index contributed by atoms with van der Waals surface area (Å²) in [5, 5.41) is 12.4. The summed E-state index contributed by atoms with van der Waals surface area (Å²) < 4.78 is 27.4. The van der Waals surface area contributed by atoms with Crippen molar-refractivity contribution in [2.75, 3.05) is 13.1 Å². The molecule has 0 unspecified atom stereocenters. The first kappa shape index (κ1) is 17.3. The Labute approximate surface area is 146 Å². The number of nitrogens with zero attached hydrogens (tertiary/aromatic N) is 1. The minimum absolute atomic E-state index is 0.239. The maximum absolute atomic E-state index is 13.8. The topological polar surface area (TPSA) is 69.6 Å². The molecule has 1 aliphatic heterocycles. The molecule has 1 aliphatic carbocycles. The lowest BCUT2D eigenvalue weighted by Gasteiger charge is -2.45. The molecule has 2 aliphatic rings. The second kappa shape index (κ2) is 6.40. The molecule has 24 heavy (non-hydrogen) atoms. The molecular weight excluding hydrogens is 386 g/mol. The van der Waals surface area contributed by atoms with Crippen LogP contribution in [0.3, 0.4) is 0 Å². The zero-order valence-corrected chi connectivity index (χ0v) is 14.4. The summed E-state index contributed by atoms with van der Waals surface area (Å²) >= 11 is 2.81. The van der Waals surface area contributed by atoms with Gasteiger partial charge in [0, 0.05) is 6.54 Å². The Morgan fingerprint density at radius 2 is 1.92 bits per heavy atom. The van der Waals surface area contributed by atoms with Crippen molar-refractivity contribution < 1.29 is 23.5 Å². The molecule has 2 N–H and O–H groups in total. The molecule has 130 valence electrons. The molecular formula is C16H17BrF2N2O3. The van der Waals surface area contributed by atoms with Crippen LogP contribution in [0.1, 0.15) is 37.3 Å². The third-order valence-corrected chi connectivity index (χ3v) is 5.59. The van der Waals surface area contributed by atoms with Crippen LogP contribution in [0.4, 0.5) is 8.78 Å². The van der Waals surface area contributed by atoms with Crippen LogP contribution < -0.4 is 5.32 Å². The molecule has 0 aromatic heterocycles. The van der Waals surface area contributed by atoms with Crippen molar-refractivity contribution in [1.29, 1.82) is 0 Å². The van der Waals surface area contributed by atoms with Gasteiger partial charge in [0.15, 0.2) is 0 Å². The van der Waals surface area contributed by atoms with Crippen LogP contribution in [-0.2, 0) is 9.59 Å². The Morgan fingerprint density at radius 3 is 2.46 bits per heavy atom. The number of carboxylic acid groups (broad SMARTS) is 1. The minimum atomic E-state index is -1.15. The molecule has 1 spiro atoms. The molecule has 1 aromatic rings. The molecule has 3 rings (SSSR count). The SMILES string of the molecule is O=C(O)CN1C(=O)C2(CCCC2)NC[C@H]1c1cc(F)c(Br)c(F)c1. The van der Waals surface area contributed by atoms with Gasteiger partial charge in [-0.1, -0.05) is 12.8 Å². The van der Waals surface area contributed by atoms with E-state index in [0.29, 0.717) is 12.8 Å².